The number of nitrogens with zero attached hydrogens (tertiary/aromatic N) is 2. The fourth-order valence-corrected chi connectivity index (χ4v) is 6.41. The number of ether oxygens (including phenoxy) is 1. The predicted molar refractivity (Wildman–Crippen MR) is 131 cm³/mol. The second-order valence-corrected chi connectivity index (χ2v) is 11.0. The van der Waals surface area contributed by atoms with E-state index < -0.39 is 15.9 Å². The molecule has 2 amide bonds. The number of halogens is 1. The highest BCUT2D eigenvalue weighted by molar-refractivity contribution is 7.89. The highest BCUT2D eigenvalue weighted by Gasteiger charge is 2.34. The maximum atomic E-state index is 13.4. The summed E-state index contributed by atoms with van der Waals surface area (Å²) in [6.07, 6.45) is 2.69. The normalized spacial score (nSPS) is 18.8. The molecule has 2 aliphatic heterocycles. The van der Waals surface area contributed by atoms with Crippen molar-refractivity contribution in [3.8, 4) is 5.75 Å². The van der Waals surface area contributed by atoms with Crippen molar-refractivity contribution in [1.82, 2.24) is 4.31 Å². The van der Waals surface area contributed by atoms with E-state index in [2.05, 4.69) is 5.32 Å². The first-order chi connectivity index (χ1) is 16.2. The van der Waals surface area contributed by atoms with Crippen molar-refractivity contribution in [2.24, 2.45) is 5.92 Å². The molecule has 2 aromatic carbocycles. The zero-order valence-corrected chi connectivity index (χ0v) is 20.8. The lowest BCUT2D eigenvalue weighted by molar-refractivity contribution is -0.121. The van der Waals surface area contributed by atoms with Gasteiger partial charge in [-0.2, -0.15) is 4.31 Å². The van der Waals surface area contributed by atoms with Gasteiger partial charge in [0.25, 0.3) is 0 Å². The Hall–Kier alpha value is -2.62. The highest BCUT2D eigenvalue weighted by atomic mass is 35.5. The number of aryl methyl sites for hydroxylation is 1. The van der Waals surface area contributed by atoms with Crippen LogP contribution in [0.4, 0.5) is 11.4 Å². The number of anilines is 2. The van der Waals surface area contributed by atoms with Crippen LogP contribution in [0.15, 0.2) is 41.3 Å². The van der Waals surface area contributed by atoms with E-state index in [1.807, 2.05) is 0 Å². The van der Waals surface area contributed by atoms with Gasteiger partial charge in [-0.3, -0.25) is 9.59 Å². The number of methoxy groups -OCH3 is 1. The topological polar surface area (TPSA) is 96.0 Å². The third kappa shape index (κ3) is 4.92. The van der Waals surface area contributed by atoms with E-state index in [9.17, 15) is 18.0 Å². The third-order valence-electron chi connectivity index (χ3n) is 6.36. The Labute approximate surface area is 204 Å². The van der Waals surface area contributed by atoms with Gasteiger partial charge >= 0.3 is 0 Å². The second-order valence-electron chi connectivity index (χ2n) is 8.61. The molecule has 0 unspecified atom stereocenters. The molecule has 34 heavy (non-hydrogen) atoms. The van der Waals surface area contributed by atoms with Gasteiger partial charge in [-0.1, -0.05) is 11.6 Å². The number of rotatable bonds is 5. The SMILES string of the molecule is COc1ccc(NC(=O)[C@@H]2CCCN(S(=O)(=O)c3ccc4c(c3)CCCN4C(C)=O)C2)cc1Cl. The zero-order chi connectivity index (χ0) is 24.5. The van der Waals surface area contributed by atoms with Gasteiger partial charge in [0.1, 0.15) is 5.75 Å². The van der Waals surface area contributed by atoms with Crippen LogP contribution in [0, 0.1) is 5.92 Å². The minimum Gasteiger partial charge on any atom is -0.495 e. The van der Waals surface area contributed by atoms with Crippen molar-refractivity contribution >= 4 is 44.8 Å². The van der Waals surface area contributed by atoms with Gasteiger partial charge in [-0.15, -0.1) is 0 Å². The number of hydrogen-bond donors (Lipinski definition) is 1. The molecular weight excluding hydrogens is 478 g/mol. The largest absolute Gasteiger partial charge is 0.495 e. The van der Waals surface area contributed by atoms with E-state index in [0.29, 0.717) is 42.4 Å². The molecule has 2 aliphatic rings. The van der Waals surface area contributed by atoms with Gasteiger partial charge in [-0.05, 0) is 67.6 Å². The highest BCUT2D eigenvalue weighted by Crippen LogP contribution is 2.32. The van der Waals surface area contributed by atoms with Gasteiger partial charge in [0.05, 0.1) is 22.9 Å². The first kappa shape index (κ1) is 24.5. The van der Waals surface area contributed by atoms with Crippen LogP contribution in [0.5, 0.6) is 5.75 Å². The van der Waals surface area contributed by atoms with E-state index in [4.69, 9.17) is 16.3 Å². The molecule has 2 aromatic rings. The first-order valence-corrected chi connectivity index (χ1v) is 13.1. The van der Waals surface area contributed by atoms with Crippen LogP contribution in [-0.2, 0) is 26.0 Å². The molecule has 10 heteroatoms. The maximum absolute atomic E-state index is 13.4. The number of nitrogens with one attached hydrogen (secondary N) is 1. The molecule has 1 N–H and O–H groups in total. The minimum absolute atomic E-state index is 0.0559. The van der Waals surface area contributed by atoms with E-state index in [0.717, 1.165) is 24.1 Å². The minimum atomic E-state index is -3.78. The molecular formula is C24H28ClN3O5S. The molecule has 0 aromatic heterocycles. The van der Waals surface area contributed by atoms with E-state index >= 15 is 0 Å². The molecule has 2 heterocycles. The van der Waals surface area contributed by atoms with Crippen LogP contribution in [0.1, 0.15) is 31.7 Å². The molecule has 0 spiro atoms. The molecule has 0 aliphatic carbocycles. The molecule has 1 atom stereocenters. The molecule has 0 bridgehead atoms. The Morgan fingerprint density at radius 3 is 2.62 bits per heavy atom. The first-order valence-electron chi connectivity index (χ1n) is 11.3. The summed E-state index contributed by atoms with van der Waals surface area (Å²) in [4.78, 5) is 26.7. The number of piperidine rings is 1. The Balaban J connectivity index is 1.49. The number of benzene rings is 2. The Kier molecular flexibility index (Phi) is 7.16. The van der Waals surface area contributed by atoms with E-state index in [1.54, 1.807) is 41.3 Å². The van der Waals surface area contributed by atoms with Crippen molar-refractivity contribution in [2.45, 2.75) is 37.5 Å². The summed E-state index contributed by atoms with van der Waals surface area (Å²) in [5, 5.41) is 3.21. The number of carbonyl (C=O) groups is 2. The van der Waals surface area contributed by atoms with Crippen LogP contribution in [0.2, 0.25) is 5.02 Å². The Morgan fingerprint density at radius 2 is 1.91 bits per heavy atom. The van der Waals surface area contributed by atoms with Crippen molar-refractivity contribution in [3.05, 3.63) is 47.0 Å². The van der Waals surface area contributed by atoms with E-state index in [1.165, 1.54) is 18.3 Å². The van der Waals surface area contributed by atoms with Gasteiger partial charge < -0.3 is 15.0 Å². The predicted octanol–water partition coefficient (Wildman–Crippen LogP) is 3.69. The van der Waals surface area contributed by atoms with Gasteiger partial charge in [-0.25, -0.2) is 8.42 Å². The molecule has 4 rings (SSSR count). The van der Waals surface area contributed by atoms with Crippen LogP contribution >= 0.6 is 11.6 Å². The van der Waals surface area contributed by atoms with Crippen molar-refractivity contribution in [2.75, 3.05) is 37.0 Å². The lowest BCUT2D eigenvalue weighted by Gasteiger charge is -2.32. The monoisotopic (exact) mass is 505 g/mol. The second kappa shape index (κ2) is 9.93. The fraction of sp³-hybridized carbons (Fsp3) is 0.417. The summed E-state index contributed by atoms with van der Waals surface area (Å²) in [5.41, 5.74) is 2.15. The molecule has 182 valence electrons. The van der Waals surface area contributed by atoms with Gasteiger partial charge in [0.2, 0.25) is 21.8 Å². The number of fused-ring (bicyclic) bond motifs is 1. The number of sulfonamides is 1. The van der Waals surface area contributed by atoms with Crippen LogP contribution < -0.4 is 15.0 Å². The number of amides is 2. The molecule has 1 saturated heterocycles. The Morgan fingerprint density at radius 1 is 1.12 bits per heavy atom. The molecule has 0 saturated carbocycles. The van der Waals surface area contributed by atoms with Gasteiger partial charge in [0, 0.05) is 37.9 Å². The lowest BCUT2D eigenvalue weighted by Crippen LogP contribution is -2.43. The van der Waals surface area contributed by atoms with Gasteiger partial charge in [0.15, 0.2) is 0 Å². The van der Waals surface area contributed by atoms with Crippen LogP contribution in [0.25, 0.3) is 0 Å². The number of carbonyl (C=O) groups excluding carboxylic acids is 2. The lowest BCUT2D eigenvalue weighted by atomic mass is 9.98. The fourth-order valence-electron chi connectivity index (χ4n) is 4.57. The van der Waals surface area contributed by atoms with Crippen LogP contribution in [-0.4, -0.2) is 51.3 Å². The van der Waals surface area contributed by atoms with Crippen molar-refractivity contribution in [3.63, 3.8) is 0 Å². The average Bonchev–Trinajstić information content (AvgIpc) is 2.83. The molecule has 0 radical (unpaired) electrons. The van der Waals surface area contributed by atoms with Crippen molar-refractivity contribution in [1.29, 1.82) is 0 Å². The summed E-state index contributed by atoms with van der Waals surface area (Å²) in [6.45, 7) is 2.61. The summed E-state index contributed by atoms with van der Waals surface area (Å²) in [5.74, 6) is -0.274. The zero-order valence-electron chi connectivity index (χ0n) is 19.2. The standard InChI is InChI=1S/C24H28ClN3O5S/c1-16(29)28-12-4-5-17-13-20(8-9-22(17)28)34(31,32)27-11-3-6-18(15-27)24(30)26-19-7-10-23(33-2)21(25)14-19/h7-10,13-14,18H,3-6,11-12,15H2,1-2H3,(H,26,30)/t18-/m1/s1. The quantitative estimate of drug-likeness (QED) is 0.668. The average molecular weight is 506 g/mol. The maximum Gasteiger partial charge on any atom is 0.243 e. The van der Waals surface area contributed by atoms with E-state index in [-0.39, 0.29) is 23.3 Å². The summed E-state index contributed by atoms with van der Waals surface area (Å²) < 4.78 is 33.3. The third-order valence-corrected chi connectivity index (χ3v) is 8.52. The van der Waals surface area contributed by atoms with Crippen molar-refractivity contribution < 1.29 is 22.7 Å². The Bertz CT molecular complexity index is 1220. The number of hydrogen-bond acceptors (Lipinski definition) is 5. The molecule has 1 fully saturated rings. The summed E-state index contributed by atoms with van der Waals surface area (Å²) in [7, 11) is -2.26. The smallest absolute Gasteiger partial charge is 0.243 e. The summed E-state index contributed by atoms with van der Waals surface area (Å²) >= 11 is 6.14. The summed E-state index contributed by atoms with van der Waals surface area (Å²) in [6, 6.07) is 9.90. The van der Waals surface area contributed by atoms with Crippen LogP contribution in [0.3, 0.4) is 0 Å². The molecule has 8 nitrogen and oxygen atoms in total.